The van der Waals surface area contributed by atoms with Crippen molar-refractivity contribution < 1.29 is 9.90 Å². The zero-order valence-corrected chi connectivity index (χ0v) is 8.10. The largest absolute Gasteiger partial charge is 0.396 e. The Morgan fingerprint density at radius 1 is 1.43 bits per heavy atom. The SMILES string of the molecule is CN(C(N)=O)c1ccc(CCO)cc1. The molecule has 0 aliphatic heterocycles. The third-order valence-electron chi connectivity index (χ3n) is 2.05. The predicted molar refractivity (Wildman–Crippen MR) is 55.2 cm³/mol. The first-order valence-electron chi connectivity index (χ1n) is 4.38. The summed E-state index contributed by atoms with van der Waals surface area (Å²) < 4.78 is 0. The molecule has 0 heterocycles. The Bertz CT molecular complexity index is 308. The van der Waals surface area contributed by atoms with Crippen LogP contribution in [0.25, 0.3) is 0 Å². The molecule has 2 amide bonds. The molecule has 0 fully saturated rings. The third kappa shape index (κ3) is 2.47. The Balaban J connectivity index is 2.77. The van der Waals surface area contributed by atoms with Gasteiger partial charge in [-0.05, 0) is 24.1 Å². The van der Waals surface area contributed by atoms with Crippen molar-refractivity contribution >= 4 is 11.7 Å². The Labute approximate surface area is 82.9 Å². The van der Waals surface area contributed by atoms with Crippen LogP contribution in [0.3, 0.4) is 0 Å². The van der Waals surface area contributed by atoms with Crippen LogP contribution in [0.2, 0.25) is 0 Å². The minimum Gasteiger partial charge on any atom is -0.396 e. The number of aliphatic hydroxyl groups is 1. The van der Waals surface area contributed by atoms with E-state index in [1.54, 1.807) is 19.2 Å². The van der Waals surface area contributed by atoms with Gasteiger partial charge < -0.3 is 10.8 Å². The molecule has 0 saturated heterocycles. The molecule has 0 atom stereocenters. The van der Waals surface area contributed by atoms with E-state index in [4.69, 9.17) is 10.8 Å². The Morgan fingerprint density at radius 2 is 2.00 bits per heavy atom. The van der Waals surface area contributed by atoms with Crippen LogP contribution in [0, 0.1) is 0 Å². The third-order valence-corrected chi connectivity index (χ3v) is 2.05. The number of hydrogen-bond acceptors (Lipinski definition) is 2. The molecular formula is C10H14N2O2. The lowest BCUT2D eigenvalue weighted by atomic mass is 10.1. The lowest BCUT2D eigenvalue weighted by Gasteiger charge is -2.14. The molecule has 1 rings (SSSR count). The lowest BCUT2D eigenvalue weighted by molar-refractivity contribution is 0.255. The number of urea groups is 1. The van der Waals surface area contributed by atoms with Crippen molar-refractivity contribution in [2.24, 2.45) is 5.73 Å². The molecule has 0 saturated carbocycles. The second kappa shape index (κ2) is 4.62. The van der Waals surface area contributed by atoms with Crippen molar-refractivity contribution in [1.82, 2.24) is 0 Å². The van der Waals surface area contributed by atoms with Gasteiger partial charge in [0.2, 0.25) is 0 Å². The van der Waals surface area contributed by atoms with Crippen LogP contribution >= 0.6 is 0 Å². The molecular weight excluding hydrogens is 180 g/mol. The topological polar surface area (TPSA) is 66.6 Å². The van der Waals surface area contributed by atoms with Gasteiger partial charge in [0.1, 0.15) is 0 Å². The van der Waals surface area contributed by atoms with E-state index in [1.807, 2.05) is 12.1 Å². The van der Waals surface area contributed by atoms with Crippen LogP contribution in [0.1, 0.15) is 5.56 Å². The zero-order valence-electron chi connectivity index (χ0n) is 8.10. The average Bonchev–Trinajstić information content (AvgIpc) is 2.18. The number of primary amides is 1. The van der Waals surface area contributed by atoms with Crippen molar-refractivity contribution in [3.63, 3.8) is 0 Å². The average molecular weight is 194 g/mol. The normalized spacial score (nSPS) is 9.86. The maximum Gasteiger partial charge on any atom is 0.318 e. The van der Waals surface area contributed by atoms with Crippen molar-refractivity contribution in [2.45, 2.75) is 6.42 Å². The number of rotatable bonds is 3. The van der Waals surface area contributed by atoms with Gasteiger partial charge in [-0.15, -0.1) is 0 Å². The first-order chi connectivity index (χ1) is 6.65. The summed E-state index contributed by atoms with van der Waals surface area (Å²) in [5.74, 6) is 0. The number of aliphatic hydroxyl groups excluding tert-OH is 1. The van der Waals surface area contributed by atoms with Gasteiger partial charge in [0.25, 0.3) is 0 Å². The number of anilines is 1. The van der Waals surface area contributed by atoms with E-state index in [0.717, 1.165) is 11.3 Å². The molecule has 0 aromatic heterocycles. The molecule has 1 aromatic rings. The Morgan fingerprint density at radius 3 is 2.43 bits per heavy atom. The van der Waals surface area contributed by atoms with Crippen LogP contribution in [-0.4, -0.2) is 24.8 Å². The number of carbonyl (C=O) groups is 1. The fourth-order valence-electron chi connectivity index (χ4n) is 1.14. The fraction of sp³-hybridized carbons (Fsp3) is 0.300. The highest BCUT2D eigenvalue weighted by molar-refractivity contribution is 5.89. The van der Waals surface area contributed by atoms with Gasteiger partial charge in [-0.25, -0.2) is 4.79 Å². The van der Waals surface area contributed by atoms with Crippen molar-refractivity contribution in [2.75, 3.05) is 18.6 Å². The van der Waals surface area contributed by atoms with E-state index in [2.05, 4.69) is 0 Å². The first kappa shape index (κ1) is 10.5. The smallest absolute Gasteiger partial charge is 0.318 e. The molecule has 0 bridgehead atoms. The van der Waals surface area contributed by atoms with E-state index in [9.17, 15) is 4.79 Å². The summed E-state index contributed by atoms with van der Waals surface area (Å²) in [5, 5.41) is 8.70. The highest BCUT2D eigenvalue weighted by Gasteiger charge is 2.04. The Kier molecular flexibility index (Phi) is 3.48. The van der Waals surface area contributed by atoms with Crippen LogP contribution < -0.4 is 10.6 Å². The molecule has 14 heavy (non-hydrogen) atoms. The summed E-state index contributed by atoms with van der Waals surface area (Å²) in [6, 6.07) is 6.85. The fourth-order valence-corrected chi connectivity index (χ4v) is 1.14. The van der Waals surface area contributed by atoms with Crippen LogP contribution in [0.4, 0.5) is 10.5 Å². The second-order valence-corrected chi connectivity index (χ2v) is 3.04. The number of benzene rings is 1. The number of hydrogen-bond donors (Lipinski definition) is 2. The van der Waals surface area contributed by atoms with Crippen LogP contribution in [-0.2, 0) is 6.42 Å². The summed E-state index contributed by atoms with van der Waals surface area (Å²) in [5.41, 5.74) is 6.90. The molecule has 0 unspecified atom stereocenters. The molecule has 3 N–H and O–H groups in total. The molecule has 4 heteroatoms. The highest BCUT2D eigenvalue weighted by atomic mass is 16.3. The van der Waals surface area contributed by atoms with E-state index < -0.39 is 6.03 Å². The van der Waals surface area contributed by atoms with Gasteiger partial charge in [-0.1, -0.05) is 12.1 Å². The standard InChI is InChI=1S/C10H14N2O2/c1-12(10(11)14)9-4-2-8(3-5-9)6-7-13/h2-5,13H,6-7H2,1H3,(H2,11,14). The molecule has 0 radical (unpaired) electrons. The molecule has 76 valence electrons. The molecule has 0 aliphatic rings. The number of carbonyl (C=O) groups excluding carboxylic acids is 1. The first-order valence-corrected chi connectivity index (χ1v) is 4.38. The summed E-state index contributed by atoms with van der Waals surface area (Å²) in [4.78, 5) is 12.2. The van der Waals surface area contributed by atoms with Gasteiger partial charge in [-0.2, -0.15) is 0 Å². The lowest BCUT2D eigenvalue weighted by Crippen LogP contribution is -2.31. The zero-order chi connectivity index (χ0) is 10.6. The second-order valence-electron chi connectivity index (χ2n) is 3.04. The van der Waals surface area contributed by atoms with Gasteiger partial charge in [0, 0.05) is 19.3 Å². The summed E-state index contributed by atoms with van der Waals surface area (Å²) in [6.45, 7) is 0.130. The quantitative estimate of drug-likeness (QED) is 0.745. The number of amides is 2. The predicted octanol–water partition coefficient (Wildman–Crippen LogP) is 0.736. The monoisotopic (exact) mass is 194 g/mol. The van der Waals surface area contributed by atoms with Crippen molar-refractivity contribution in [3.8, 4) is 0 Å². The minimum absolute atomic E-state index is 0.130. The number of nitrogens with zero attached hydrogens (tertiary/aromatic N) is 1. The highest BCUT2D eigenvalue weighted by Crippen LogP contribution is 2.13. The van der Waals surface area contributed by atoms with E-state index in [0.29, 0.717) is 6.42 Å². The maximum absolute atomic E-state index is 10.8. The molecule has 0 spiro atoms. The number of nitrogens with two attached hydrogens (primary N) is 1. The maximum atomic E-state index is 10.8. The Hall–Kier alpha value is -1.55. The van der Waals surface area contributed by atoms with Crippen molar-refractivity contribution in [1.29, 1.82) is 0 Å². The van der Waals surface area contributed by atoms with E-state index >= 15 is 0 Å². The van der Waals surface area contributed by atoms with Crippen LogP contribution in [0.15, 0.2) is 24.3 Å². The van der Waals surface area contributed by atoms with Gasteiger partial charge in [-0.3, -0.25) is 4.90 Å². The van der Waals surface area contributed by atoms with Crippen molar-refractivity contribution in [3.05, 3.63) is 29.8 Å². The molecule has 1 aromatic carbocycles. The minimum atomic E-state index is -0.486. The van der Waals surface area contributed by atoms with Crippen LogP contribution in [0.5, 0.6) is 0 Å². The molecule has 0 aliphatic carbocycles. The summed E-state index contributed by atoms with van der Waals surface area (Å²) in [6.07, 6.45) is 0.626. The van der Waals surface area contributed by atoms with E-state index in [-0.39, 0.29) is 6.61 Å². The van der Waals surface area contributed by atoms with Gasteiger partial charge >= 0.3 is 6.03 Å². The molecule has 4 nitrogen and oxygen atoms in total. The van der Waals surface area contributed by atoms with Gasteiger partial charge in [0.05, 0.1) is 0 Å². The summed E-state index contributed by atoms with van der Waals surface area (Å²) >= 11 is 0. The summed E-state index contributed by atoms with van der Waals surface area (Å²) in [7, 11) is 1.61. The van der Waals surface area contributed by atoms with E-state index in [1.165, 1.54) is 4.90 Å². The van der Waals surface area contributed by atoms with Gasteiger partial charge in [0.15, 0.2) is 0 Å².